The summed E-state index contributed by atoms with van der Waals surface area (Å²) in [5.74, 6) is -0.826. The molecule has 0 atom stereocenters. The molecule has 0 bridgehead atoms. The van der Waals surface area contributed by atoms with Crippen molar-refractivity contribution in [3.05, 3.63) is 32.3 Å². The van der Waals surface area contributed by atoms with Crippen LogP contribution in [0.25, 0.3) is 0 Å². The van der Waals surface area contributed by atoms with E-state index in [1.807, 2.05) is 0 Å². The predicted molar refractivity (Wildman–Crippen MR) is 71.3 cm³/mol. The number of benzene rings is 1. The van der Waals surface area contributed by atoms with Crippen molar-refractivity contribution in [1.29, 1.82) is 0 Å². The molecule has 0 fully saturated rings. The maximum Gasteiger partial charge on any atom is 0.296 e. The van der Waals surface area contributed by atoms with Gasteiger partial charge in [0.05, 0.1) is 15.3 Å². The minimum Gasteiger partial charge on any atom is -0.386 e. The fourth-order valence-corrected chi connectivity index (χ4v) is 1.75. The van der Waals surface area contributed by atoms with Crippen LogP contribution in [0.4, 0.5) is 11.4 Å². The molecule has 7 nitrogen and oxygen atoms in total. The highest BCUT2D eigenvalue weighted by atomic mass is 79.9. The molecule has 0 aliphatic rings. The number of amides is 1. The Bertz CT molecular complexity index is 547. The van der Waals surface area contributed by atoms with Gasteiger partial charge in [-0.05, 0) is 22.0 Å². The number of aliphatic imine (C=N–C) groups is 1. The normalized spacial score (nSPS) is 11.3. The number of carbonyl (C=O) groups excluding carboxylic acids is 1. The lowest BCUT2D eigenvalue weighted by molar-refractivity contribution is -0.384. The Hall–Kier alpha value is -1.67. The molecule has 1 rings (SSSR count). The zero-order valence-corrected chi connectivity index (χ0v) is 11.2. The van der Waals surface area contributed by atoms with Crippen molar-refractivity contribution < 1.29 is 9.72 Å². The SMILES string of the molecule is NC(=O)c1cc(Br)c(N=C(N)CCl)c([N+](=O)[O-])c1. The number of rotatable bonds is 4. The van der Waals surface area contributed by atoms with Crippen LogP contribution in [0.1, 0.15) is 10.4 Å². The van der Waals surface area contributed by atoms with Gasteiger partial charge in [-0.1, -0.05) is 0 Å². The van der Waals surface area contributed by atoms with Gasteiger partial charge in [-0.3, -0.25) is 14.9 Å². The summed E-state index contributed by atoms with van der Waals surface area (Å²) >= 11 is 8.53. The number of nitrogens with zero attached hydrogens (tertiary/aromatic N) is 2. The number of halogens is 2. The van der Waals surface area contributed by atoms with E-state index in [0.717, 1.165) is 6.07 Å². The number of primary amides is 1. The molecule has 1 amide bonds. The summed E-state index contributed by atoms with van der Waals surface area (Å²) in [6.45, 7) is 0. The molecule has 0 radical (unpaired) electrons. The average Bonchev–Trinajstić information content (AvgIpc) is 2.30. The van der Waals surface area contributed by atoms with E-state index in [1.54, 1.807) is 0 Å². The summed E-state index contributed by atoms with van der Waals surface area (Å²) in [5, 5.41) is 10.9. The molecule has 18 heavy (non-hydrogen) atoms. The molecule has 0 aliphatic carbocycles. The molecule has 0 saturated heterocycles. The number of nitro benzene ring substituents is 1. The molecule has 0 aliphatic heterocycles. The molecule has 1 aromatic carbocycles. The third-order valence-corrected chi connectivity index (χ3v) is 2.80. The standard InChI is InChI=1S/C9H8BrClN4O3/c10-5-1-4(9(13)16)2-6(15(17)18)8(5)14-7(12)3-11/h1-2H,3H2,(H2,12,14)(H2,13,16). The van der Waals surface area contributed by atoms with Gasteiger partial charge >= 0.3 is 0 Å². The van der Waals surface area contributed by atoms with Crippen LogP contribution in [-0.4, -0.2) is 22.5 Å². The highest BCUT2D eigenvalue weighted by molar-refractivity contribution is 9.10. The molecular weight excluding hydrogens is 327 g/mol. The molecule has 1 aromatic rings. The number of hydrogen-bond acceptors (Lipinski definition) is 4. The maximum atomic E-state index is 11.0. The van der Waals surface area contributed by atoms with Gasteiger partial charge in [-0.25, -0.2) is 4.99 Å². The highest BCUT2D eigenvalue weighted by Gasteiger charge is 2.20. The largest absolute Gasteiger partial charge is 0.386 e. The first kappa shape index (κ1) is 14.4. The van der Waals surface area contributed by atoms with Crippen molar-refractivity contribution in [3.8, 4) is 0 Å². The van der Waals surface area contributed by atoms with E-state index in [0.29, 0.717) is 0 Å². The second-order valence-corrected chi connectivity index (χ2v) is 4.31. The van der Waals surface area contributed by atoms with Gasteiger partial charge < -0.3 is 11.5 Å². The fourth-order valence-electron chi connectivity index (χ4n) is 1.15. The van der Waals surface area contributed by atoms with Gasteiger partial charge in [0.15, 0.2) is 5.69 Å². The van der Waals surface area contributed by atoms with Crippen molar-refractivity contribution in [3.63, 3.8) is 0 Å². The van der Waals surface area contributed by atoms with Crippen LogP contribution in [0, 0.1) is 10.1 Å². The van der Waals surface area contributed by atoms with E-state index in [-0.39, 0.29) is 33.1 Å². The molecule has 0 heterocycles. The monoisotopic (exact) mass is 334 g/mol. The average molecular weight is 336 g/mol. The van der Waals surface area contributed by atoms with Crippen molar-refractivity contribution in [1.82, 2.24) is 0 Å². The van der Waals surface area contributed by atoms with Gasteiger partial charge in [-0.2, -0.15) is 0 Å². The number of nitrogens with two attached hydrogens (primary N) is 2. The quantitative estimate of drug-likeness (QED) is 0.285. The minimum atomic E-state index is -0.778. The van der Waals surface area contributed by atoms with Crippen molar-refractivity contribution in [2.45, 2.75) is 0 Å². The summed E-state index contributed by atoms with van der Waals surface area (Å²) in [6, 6.07) is 2.36. The van der Waals surface area contributed by atoms with E-state index in [9.17, 15) is 14.9 Å². The predicted octanol–water partition coefficient (Wildman–Crippen LogP) is 1.68. The van der Waals surface area contributed by atoms with Crippen LogP contribution in [0.15, 0.2) is 21.6 Å². The van der Waals surface area contributed by atoms with Crippen LogP contribution >= 0.6 is 27.5 Å². The summed E-state index contributed by atoms with van der Waals surface area (Å²) in [6.07, 6.45) is 0. The number of hydrogen-bond donors (Lipinski definition) is 2. The van der Waals surface area contributed by atoms with Gasteiger partial charge in [0.1, 0.15) is 5.84 Å². The second-order valence-electron chi connectivity index (χ2n) is 3.18. The van der Waals surface area contributed by atoms with E-state index in [4.69, 9.17) is 23.1 Å². The highest BCUT2D eigenvalue weighted by Crippen LogP contribution is 2.36. The zero-order valence-electron chi connectivity index (χ0n) is 8.89. The van der Waals surface area contributed by atoms with Crippen LogP contribution < -0.4 is 11.5 Å². The first-order valence-corrected chi connectivity index (χ1v) is 5.86. The lowest BCUT2D eigenvalue weighted by Crippen LogP contribution is -2.13. The molecule has 96 valence electrons. The first-order valence-electron chi connectivity index (χ1n) is 4.53. The lowest BCUT2D eigenvalue weighted by atomic mass is 10.1. The third kappa shape index (κ3) is 3.17. The van der Waals surface area contributed by atoms with Crippen molar-refractivity contribution in [2.75, 3.05) is 5.88 Å². The Morgan fingerprint density at radius 1 is 1.50 bits per heavy atom. The van der Waals surface area contributed by atoms with Gasteiger partial charge in [0, 0.05) is 11.6 Å². The van der Waals surface area contributed by atoms with Gasteiger partial charge in [-0.15, -0.1) is 11.6 Å². The summed E-state index contributed by atoms with van der Waals surface area (Å²) in [5.41, 5.74) is 10.1. The van der Waals surface area contributed by atoms with E-state index in [1.165, 1.54) is 6.07 Å². The van der Waals surface area contributed by atoms with Crippen LogP contribution in [0.5, 0.6) is 0 Å². The molecule has 0 aromatic heterocycles. The smallest absolute Gasteiger partial charge is 0.296 e. The summed E-state index contributed by atoms with van der Waals surface area (Å²) in [7, 11) is 0. The Morgan fingerprint density at radius 3 is 2.56 bits per heavy atom. The molecule has 0 saturated carbocycles. The van der Waals surface area contributed by atoms with E-state index < -0.39 is 10.8 Å². The van der Waals surface area contributed by atoms with Gasteiger partial charge in [0.25, 0.3) is 5.69 Å². The van der Waals surface area contributed by atoms with Crippen LogP contribution in [-0.2, 0) is 0 Å². The Morgan fingerprint density at radius 2 is 2.11 bits per heavy atom. The molecule has 0 unspecified atom stereocenters. The summed E-state index contributed by atoms with van der Waals surface area (Å²) < 4.78 is 0.235. The zero-order chi connectivity index (χ0) is 13.9. The maximum absolute atomic E-state index is 11.0. The van der Waals surface area contributed by atoms with E-state index >= 15 is 0 Å². The number of nitro groups is 1. The summed E-state index contributed by atoms with van der Waals surface area (Å²) in [4.78, 5) is 25.1. The topological polar surface area (TPSA) is 125 Å². The lowest BCUT2D eigenvalue weighted by Gasteiger charge is -2.04. The van der Waals surface area contributed by atoms with Crippen molar-refractivity contribution in [2.24, 2.45) is 16.5 Å². The second kappa shape index (κ2) is 5.78. The Kier molecular flexibility index (Phi) is 4.62. The molecule has 4 N–H and O–H groups in total. The number of amidine groups is 1. The van der Waals surface area contributed by atoms with E-state index in [2.05, 4.69) is 20.9 Å². The van der Waals surface area contributed by atoms with Gasteiger partial charge in [0.2, 0.25) is 5.91 Å². The van der Waals surface area contributed by atoms with Crippen molar-refractivity contribution >= 4 is 50.6 Å². The Labute approximate surface area is 115 Å². The van der Waals surface area contributed by atoms with Crippen LogP contribution in [0.2, 0.25) is 0 Å². The molecular formula is C9H8BrClN4O3. The third-order valence-electron chi connectivity index (χ3n) is 1.92. The fraction of sp³-hybridized carbons (Fsp3) is 0.111. The molecule has 9 heteroatoms. The number of carbonyl (C=O) groups is 1. The first-order chi connectivity index (χ1) is 8.36. The molecule has 0 spiro atoms. The number of alkyl halides is 1. The minimum absolute atomic E-state index is 0.00281. The van der Waals surface area contributed by atoms with Crippen LogP contribution in [0.3, 0.4) is 0 Å². The Balaban J connectivity index is 3.51.